The van der Waals surface area contributed by atoms with Crippen molar-refractivity contribution in [1.29, 1.82) is 0 Å². The highest BCUT2D eigenvalue weighted by Crippen LogP contribution is 2.38. The van der Waals surface area contributed by atoms with Crippen molar-refractivity contribution in [1.82, 2.24) is 5.32 Å². The van der Waals surface area contributed by atoms with Crippen LogP contribution in [0.5, 0.6) is 17.2 Å². The molecule has 1 saturated carbocycles. The molecule has 1 amide bonds. The quantitative estimate of drug-likeness (QED) is 0.781. The van der Waals surface area contributed by atoms with E-state index < -0.39 is 0 Å². The molecular weight excluding hydrogens is 332 g/mol. The number of carbonyl (C=O) groups is 1. The summed E-state index contributed by atoms with van der Waals surface area (Å²) in [4.78, 5) is 12.1. The molecule has 1 aromatic carbocycles. The van der Waals surface area contributed by atoms with Gasteiger partial charge in [-0.15, -0.1) is 12.4 Å². The zero-order valence-electron chi connectivity index (χ0n) is 14.5. The van der Waals surface area contributed by atoms with E-state index >= 15 is 0 Å². The maximum atomic E-state index is 12.1. The van der Waals surface area contributed by atoms with E-state index in [4.69, 9.17) is 19.9 Å². The van der Waals surface area contributed by atoms with Gasteiger partial charge in [0.25, 0.3) is 0 Å². The minimum absolute atomic E-state index is 0. The zero-order chi connectivity index (χ0) is 16.8. The Bertz CT molecular complexity index is 528. The van der Waals surface area contributed by atoms with Gasteiger partial charge in [-0.25, -0.2) is 0 Å². The average Bonchev–Trinajstić information content (AvgIpc) is 2.96. The van der Waals surface area contributed by atoms with Gasteiger partial charge in [0.2, 0.25) is 11.7 Å². The highest BCUT2D eigenvalue weighted by atomic mass is 35.5. The maximum absolute atomic E-state index is 12.1. The second-order valence-electron chi connectivity index (χ2n) is 5.87. The van der Waals surface area contributed by atoms with E-state index in [1.807, 2.05) is 12.1 Å². The number of carbonyl (C=O) groups excluding carboxylic acids is 1. The summed E-state index contributed by atoms with van der Waals surface area (Å²) in [7, 11) is 4.70. The van der Waals surface area contributed by atoms with Crippen LogP contribution in [0, 0.1) is 5.92 Å². The summed E-state index contributed by atoms with van der Waals surface area (Å²) >= 11 is 0. The molecule has 1 aliphatic rings. The first kappa shape index (κ1) is 20.4. The maximum Gasteiger partial charge on any atom is 0.220 e. The molecule has 0 saturated heterocycles. The Hall–Kier alpha value is -1.66. The van der Waals surface area contributed by atoms with Crippen LogP contribution in [0.2, 0.25) is 0 Å². The number of hydrogen-bond acceptors (Lipinski definition) is 5. The molecule has 0 bridgehead atoms. The molecule has 136 valence electrons. The molecule has 24 heavy (non-hydrogen) atoms. The van der Waals surface area contributed by atoms with E-state index in [1.54, 1.807) is 21.3 Å². The molecule has 6 nitrogen and oxygen atoms in total. The first-order valence-electron chi connectivity index (χ1n) is 7.90. The number of nitrogens with two attached hydrogens (primary N) is 1. The number of ether oxygens (including phenoxy) is 3. The molecule has 7 heteroatoms. The van der Waals surface area contributed by atoms with Gasteiger partial charge in [0.1, 0.15) is 0 Å². The Morgan fingerprint density at radius 3 is 2.25 bits per heavy atom. The monoisotopic (exact) mass is 358 g/mol. The van der Waals surface area contributed by atoms with Crippen molar-refractivity contribution in [2.75, 3.05) is 21.3 Å². The lowest BCUT2D eigenvalue weighted by atomic mass is 10.00. The van der Waals surface area contributed by atoms with Crippen LogP contribution < -0.4 is 25.3 Å². The fourth-order valence-electron chi connectivity index (χ4n) is 3.07. The number of halogens is 1. The second-order valence-corrected chi connectivity index (χ2v) is 5.87. The number of methoxy groups -OCH3 is 3. The number of benzene rings is 1. The molecule has 1 aliphatic carbocycles. The average molecular weight is 359 g/mol. The Kier molecular flexibility index (Phi) is 8.15. The van der Waals surface area contributed by atoms with Crippen molar-refractivity contribution in [2.24, 2.45) is 11.7 Å². The molecule has 0 spiro atoms. The molecule has 1 aromatic rings. The molecule has 2 rings (SSSR count). The van der Waals surface area contributed by atoms with Gasteiger partial charge in [-0.2, -0.15) is 0 Å². The highest BCUT2D eigenvalue weighted by molar-refractivity contribution is 5.85. The normalized spacial score (nSPS) is 19.3. The van der Waals surface area contributed by atoms with Gasteiger partial charge in [0, 0.05) is 19.0 Å². The third-order valence-corrected chi connectivity index (χ3v) is 4.38. The molecule has 1 fully saturated rings. The third kappa shape index (κ3) is 4.92. The SMILES string of the molecule is COc1cc(CNC(=O)C[C@@H]2CCC[C@H]2N)cc(OC)c1OC.Cl. The Labute approximate surface area is 149 Å². The molecule has 0 radical (unpaired) electrons. The van der Waals surface area contributed by atoms with Crippen LogP contribution >= 0.6 is 12.4 Å². The van der Waals surface area contributed by atoms with E-state index in [1.165, 1.54) is 0 Å². The van der Waals surface area contributed by atoms with E-state index in [2.05, 4.69) is 5.32 Å². The standard InChI is InChI=1S/C17H26N2O4.ClH/c1-21-14-7-11(8-15(22-2)17(14)23-3)10-19-16(20)9-12-5-4-6-13(12)18;/h7-8,12-13H,4-6,9-10,18H2,1-3H3,(H,19,20);1H/t12-,13+;/m0./s1. The molecule has 2 atom stereocenters. The summed E-state index contributed by atoms with van der Waals surface area (Å²) in [5.41, 5.74) is 6.91. The Morgan fingerprint density at radius 1 is 1.17 bits per heavy atom. The van der Waals surface area contributed by atoms with Gasteiger partial charge in [0.05, 0.1) is 21.3 Å². The van der Waals surface area contributed by atoms with Gasteiger partial charge in [-0.1, -0.05) is 6.42 Å². The van der Waals surface area contributed by atoms with E-state index in [0.29, 0.717) is 36.1 Å². The lowest BCUT2D eigenvalue weighted by Gasteiger charge is -2.16. The van der Waals surface area contributed by atoms with Gasteiger partial charge in [-0.05, 0) is 36.5 Å². The molecule has 0 unspecified atom stereocenters. The fraction of sp³-hybridized carbons (Fsp3) is 0.588. The second kappa shape index (κ2) is 9.59. The molecule has 0 aromatic heterocycles. The number of hydrogen-bond donors (Lipinski definition) is 2. The van der Waals surface area contributed by atoms with Crippen LogP contribution in [0.25, 0.3) is 0 Å². The minimum atomic E-state index is 0. The first-order valence-corrected chi connectivity index (χ1v) is 7.90. The lowest BCUT2D eigenvalue weighted by molar-refractivity contribution is -0.122. The summed E-state index contributed by atoms with van der Waals surface area (Å²) in [5.74, 6) is 2.03. The summed E-state index contributed by atoms with van der Waals surface area (Å²) in [6.07, 6.45) is 3.67. The van der Waals surface area contributed by atoms with E-state index in [-0.39, 0.29) is 24.4 Å². The predicted octanol–water partition coefficient (Wildman–Crippen LogP) is 2.27. The van der Waals surface area contributed by atoms with Crippen LogP contribution in [0.4, 0.5) is 0 Å². The Balaban J connectivity index is 0.00000288. The predicted molar refractivity (Wildman–Crippen MR) is 95.1 cm³/mol. The lowest BCUT2D eigenvalue weighted by Crippen LogP contribution is -2.31. The van der Waals surface area contributed by atoms with Crippen molar-refractivity contribution in [3.63, 3.8) is 0 Å². The molecule has 0 aliphatic heterocycles. The van der Waals surface area contributed by atoms with Crippen molar-refractivity contribution in [3.05, 3.63) is 17.7 Å². The van der Waals surface area contributed by atoms with Crippen molar-refractivity contribution in [3.8, 4) is 17.2 Å². The number of nitrogens with one attached hydrogen (secondary N) is 1. The van der Waals surface area contributed by atoms with Crippen LogP contribution in [0.15, 0.2) is 12.1 Å². The van der Waals surface area contributed by atoms with Gasteiger partial charge < -0.3 is 25.3 Å². The highest BCUT2D eigenvalue weighted by Gasteiger charge is 2.26. The van der Waals surface area contributed by atoms with E-state index in [9.17, 15) is 4.79 Å². The summed E-state index contributed by atoms with van der Waals surface area (Å²) in [5, 5.41) is 2.94. The van der Waals surface area contributed by atoms with Crippen LogP contribution in [0.3, 0.4) is 0 Å². The van der Waals surface area contributed by atoms with Crippen molar-refractivity contribution < 1.29 is 19.0 Å². The summed E-state index contributed by atoms with van der Waals surface area (Å²) in [6.45, 7) is 0.414. The minimum Gasteiger partial charge on any atom is -0.493 e. The molecular formula is C17H27ClN2O4. The molecule has 3 N–H and O–H groups in total. The zero-order valence-corrected chi connectivity index (χ0v) is 15.3. The van der Waals surface area contributed by atoms with Crippen LogP contribution in [-0.4, -0.2) is 33.3 Å². The smallest absolute Gasteiger partial charge is 0.220 e. The topological polar surface area (TPSA) is 82.8 Å². The third-order valence-electron chi connectivity index (χ3n) is 4.38. The fourth-order valence-corrected chi connectivity index (χ4v) is 3.07. The summed E-state index contributed by atoms with van der Waals surface area (Å²) in [6, 6.07) is 3.83. The summed E-state index contributed by atoms with van der Waals surface area (Å²) < 4.78 is 15.9. The number of rotatable bonds is 7. The van der Waals surface area contributed by atoms with Gasteiger partial charge >= 0.3 is 0 Å². The molecule has 0 heterocycles. The van der Waals surface area contributed by atoms with Gasteiger partial charge in [-0.3, -0.25) is 4.79 Å². The van der Waals surface area contributed by atoms with Crippen molar-refractivity contribution >= 4 is 18.3 Å². The van der Waals surface area contributed by atoms with E-state index in [0.717, 1.165) is 24.8 Å². The largest absolute Gasteiger partial charge is 0.493 e. The van der Waals surface area contributed by atoms with Gasteiger partial charge in [0.15, 0.2) is 11.5 Å². The first-order chi connectivity index (χ1) is 11.1. The van der Waals surface area contributed by atoms with Crippen LogP contribution in [-0.2, 0) is 11.3 Å². The van der Waals surface area contributed by atoms with Crippen LogP contribution in [0.1, 0.15) is 31.2 Å². The number of amides is 1. The van der Waals surface area contributed by atoms with Crippen molar-refractivity contribution in [2.45, 2.75) is 38.3 Å². The Morgan fingerprint density at radius 2 is 1.79 bits per heavy atom.